The molecule has 4 rings (SSSR count). The maximum atomic E-state index is 14.7. The molecule has 0 saturated heterocycles. The van der Waals surface area contributed by atoms with Crippen molar-refractivity contribution in [3.63, 3.8) is 0 Å². The van der Waals surface area contributed by atoms with E-state index in [9.17, 15) is 23.3 Å². The van der Waals surface area contributed by atoms with Crippen molar-refractivity contribution in [2.45, 2.75) is 5.60 Å². The van der Waals surface area contributed by atoms with Gasteiger partial charge in [-0.1, -0.05) is 66.7 Å². The highest BCUT2D eigenvalue weighted by atomic mass is 28.2. The summed E-state index contributed by atoms with van der Waals surface area (Å²) in [6, 6.07) is 23.3. The van der Waals surface area contributed by atoms with E-state index in [2.05, 4.69) is 0 Å². The Bertz CT molecular complexity index is 1280. The molecule has 0 bridgehead atoms. The molecule has 0 aromatic heterocycles. The molecule has 0 heterocycles. The molecule has 0 spiro atoms. The minimum absolute atomic E-state index is 0.154. The van der Waals surface area contributed by atoms with Crippen molar-refractivity contribution in [2.75, 3.05) is 0 Å². The van der Waals surface area contributed by atoms with Gasteiger partial charge in [0.1, 0.15) is 21.9 Å². The van der Waals surface area contributed by atoms with Crippen LogP contribution in [0.25, 0.3) is 11.1 Å². The van der Waals surface area contributed by atoms with E-state index in [0.29, 0.717) is 23.3 Å². The maximum Gasteiger partial charge on any atom is 0.284 e. The molecular weight excluding hydrogens is 447 g/mol. The molecule has 0 aliphatic heterocycles. The van der Waals surface area contributed by atoms with Gasteiger partial charge in [-0.05, 0) is 29.3 Å². The van der Waals surface area contributed by atoms with Gasteiger partial charge in [-0.3, -0.25) is 10.1 Å². The molecule has 4 nitrogen and oxygen atoms in total. The number of hydrogen-bond donors (Lipinski definition) is 0. The van der Waals surface area contributed by atoms with Crippen LogP contribution in [0.5, 0.6) is 0 Å². The molecule has 0 aliphatic carbocycles. The number of nitro benzene ring substituents is 1. The second kappa shape index (κ2) is 9.01. The quantitative estimate of drug-likeness (QED) is 0.128. The first-order valence-corrected chi connectivity index (χ1v) is 10.8. The van der Waals surface area contributed by atoms with Crippen LogP contribution < -0.4 is 0 Å². The monoisotopic (exact) mass is 465 g/mol. The maximum absolute atomic E-state index is 14.7. The van der Waals surface area contributed by atoms with E-state index in [-0.39, 0.29) is 21.6 Å². The zero-order valence-electron chi connectivity index (χ0n) is 17.5. The summed E-state index contributed by atoms with van der Waals surface area (Å²) in [5.74, 6) is -3.78. The number of nitro groups is 1. The first-order chi connectivity index (χ1) is 15.9. The van der Waals surface area contributed by atoms with Crippen molar-refractivity contribution >= 4 is 16.2 Å². The normalized spacial score (nSPS) is 11.5. The summed E-state index contributed by atoms with van der Waals surface area (Å²) < 4.78 is 48.3. The van der Waals surface area contributed by atoms with Crippen LogP contribution in [0.4, 0.5) is 18.9 Å². The SMILES string of the molecule is O=[N+]([O-])c1c(-c2cc(F)c(F)cc2F)cccc1C(O[SiH3])(c1ccccc1)c1ccccc1. The second-order valence-corrected chi connectivity index (χ2v) is 7.73. The number of benzene rings is 4. The Balaban J connectivity index is 2.12. The summed E-state index contributed by atoms with van der Waals surface area (Å²) in [7, 11) is 0.202. The summed E-state index contributed by atoms with van der Waals surface area (Å²) in [5.41, 5.74) is -0.987. The van der Waals surface area contributed by atoms with E-state index in [0.717, 1.165) is 0 Å². The zero-order chi connectivity index (χ0) is 23.6. The largest absolute Gasteiger partial charge is 0.411 e. The molecule has 166 valence electrons. The molecule has 0 atom stereocenters. The molecule has 0 N–H and O–H groups in total. The van der Waals surface area contributed by atoms with Crippen LogP contribution >= 0.6 is 0 Å². The topological polar surface area (TPSA) is 52.4 Å². The van der Waals surface area contributed by atoms with Crippen LogP contribution in [0.3, 0.4) is 0 Å². The molecule has 8 heteroatoms. The van der Waals surface area contributed by atoms with Gasteiger partial charge in [0.25, 0.3) is 5.69 Å². The Morgan fingerprint density at radius 3 is 1.79 bits per heavy atom. The van der Waals surface area contributed by atoms with Crippen LogP contribution in [0.2, 0.25) is 0 Å². The highest BCUT2D eigenvalue weighted by molar-refractivity contribution is 5.99. The Morgan fingerprint density at radius 2 is 1.27 bits per heavy atom. The van der Waals surface area contributed by atoms with Gasteiger partial charge in [-0.2, -0.15) is 0 Å². The number of halogens is 3. The average molecular weight is 466 g/mol. The summed E-state index contributed by atoms with van der Waals surface area (Å²) in [5, 5.41) is 12.4. The van der Waals surface area contributed by atoms with Gasteiger partial charge in [-0.15, -0.1) is 0 Å². The summed E-state index contributed by atoms with van der Waals surface area (Å²) >= 11 is 0. The van der Waals surface area contributed by atoms with E-state index in [1.165, 1.54) is 18.2 Å². The van der Waals surface area contributed by atoms with Crippen LogP contribution in [-0.4, -0.2) is 15.4 Å². The van der Waals surface area contributed by atoms with Gasteiger partial charge in [-0.25, -0.2) is 13.2 Å². The van der Waals surface area contributed by atoms with Crippen molar-refractivity contribution in [3.05, 3.63) is 135 Å². The fourth-order valence-corrected chi connectivity index (χ4v) is 4.83. The highest BCUT2D eigenvalue weighted by Gasteiger charge is 2.42. The molecule has 0 aliphatic rings. The first kappa shape index (κ1) is 22.4. The second-order valence-electron chi connectivity index (χ2n) is 7.32. The van der Waals surface area contributed by atoms with E-state index >= 15 is 0 Å². The number of hydrogen-bond acceptors (Lipinski definition) is 3. The Morgan fingerprint density at radius 1 is 0.727 bits per heavy atom. The predicted octanol–water partition coefficient (Wildman–Crippen LogP) is 5.27. The molecule has 4 aromatic carbocycles. The van der Waals surface area contributed by atoms with Crippen molar-refractivity contribution in [3.8, 4) is 11.1 Å². The lowest BCUT2D eigenvalue weighted by Crippen LogP contribution is -2.33. The standard InChI is InChI=1S/C25H18F3NO3Si/c26-21-15-23(28)22(27)14-19(21)18-12-7-13-20(24(18)29(30)31)25(32-33,16-8-3-1-4-9-16)17-10-5-2-6-11-17/h1-15H,33H3. The highest BCUT2D eigenvalue weighted by Crippen LogP contribution is 2.47. The van der Waals surface area contributed by atoms with Gasteiger partial charge < -0.3 is 4.43 Å². The van der Waals surface area contributed by atoms with Gasteiger partial charge in [0.05, 0.1) is 16.1 Å². The lowest BCUT2D eigenvalue weighted by molar-refractivity contribution is -0.385. The van der Waals surface area contributed by atoms with E-state index in [1.807, 2.05) is 12.1 Å². The molecular formula is C25H18F3NO3Si. The fraction of sp³-hybridized carbons (Fsp3) is 0.0400. The van der Waals surface area contributed by atoms with Crippen molar-refractivity contribution in [1.29, 1.82) is 0 Å². The Labute approximate surface area is 191 Å². The number of rotatable bonds is 6. The third-order valence-corrected chi connectivity index (χ3v) is 6.18. The average Bonchev–Trinajstić information content (AvgIpc) is 2.83. The lowest BCUT2D eigenvalue weighted by Gasteiger charge is -2.35. The van der Waals surface area contributed by atoms with Crippen molar-refractivity contribution in [1.82, 2.24) is 0 Å². The predicted molar refractivity (Wildman–Crippen MR) is 122 cm³/mol. The molecule has 0 fully saturated rings. The van der Waals surface area contributed by atoms with Crippen LogP contribution in [0, 0.1) is 27.6 Å². The molecule has 0 unspecified atom stereocenters. The zero-order valence-corrected chi connectivity index (χ0v) is 19.5. The van der Waals surface area contributed by atoms with Crippen LogP contribution in [0.15, 0.2) is 91.0 Å². The summed E-state index contributed by atoms with van der Waals surface area (Å²) in [4.78, 5) is 11.7. The van der Waals surface area contributed by atoms with Gasteiger partial charge in [0, 0.05) is 11.6 Å². The van der Waals surface area contributed by atoms with Gasteiger partial charge in [0.15, 0.2) is 11.6 Å². The third-order valence-electron chi connectivity index (χ3n) is 5.56. The molecule has 0 saturated carbocycles. The number of para-hydroxylation sites is 1. The minimum atomic E-state index is -1.37. The Hall–Kier alpha value is -3.75. The Kier molecular flexibility index (Phi) is 6.13. The molecule has 4 aromatic rings. The smallest absolute Gasteiger partial charge is 0.284 e. The van der Waals surface area contributed by atoms with Gasteiger partial charge >= 0.3 is 0 Å². The van der Waals surface area contributed by atoms with E-state index in [1.54, 1.807) is 48.5 Å². The summed E-state index contributed by atoms with van der Waals surface area (Å²) in [6.07, 6.45) is 0. The molecule has 0 radical (unpaired) electrons. The van der Waals surface area contributed by atoms with Crippen molar-refractivity contribution < 1.29 is 22.5 Å². The first-order valence-electron chi connectivity index (χ1n) is 9.99. The van der Waals surface area contributed by atoms with Crippen LogP contribution in [-0.2, 0) is 10.0 Å². The summed E-state index contributed by atoms with van der Waals surface area (Å²) in [6.45, 7) is 0. The van der Waals surface area contributed by atoms with Crippen molar-refractivity contribution in [2.24, 2.45) is 0 Å². The van der Waals surface area contributed by atoms with E-state index in [4.69, 9.17) is 4.43 Å². The lowest BCUT2D eigenvalue weighted by atomic mass is 9.78. The molecule has 0 amide bonds. The van der Waals surface area contributed by atoms with E-state index < -0.39 is 39.2 Å². The van der Waals surface area contributed by atoms with Crippen LogP contribution in [0.1, 0.15) is 16.7 Å². The number of nitrogens with zero attached hydrogens (tertiary/aromatic N) is 1. The minimum Gasteiger partial charge on any atom is -0.411 e. The third kappa shape index (κ3) is 3.83. The van der Waals surface area contributed by atoms with Gasteiger partial charge in [0.2, 0.25) is 0 Å². The fourth-order valence-electron chi connectivity index (χ4n) is 4.14. The molecule has 33 heavy (non-hydrogen) atoms.